The molecule has 0 unspecified atom stereocenters. The second kappa shape index (κ2) is 5.77. The van der Waals surface area contributed by atoms with Gasteiger partial charge in [0.1, 0.15) is 5.82 Å². The average molecular weight is 272 g/mol. The fourth-order valence-electron chi connectivity index (χ4n) is 2.03. The van der Waals surface area contributed by atoms with E-state index in [1.54, 1.807) is 6.07 Å². The van der Waals surface area contributed by atoms with Gasteiger partial charge in [0.25, 0.3) is 0 Å². The van der Waals surface area contributed by atoms with Gasteiger partial charge in [0.15, 0.2) is 0 Å². The standard InChI is InChI=1S/C12H17FN2O2S/c13-12-4-1-3-11(9-12)10-18(16,17)15-7-2-5-14-6-8-15/h1,3-4,9,14H,2,5-8,10H2. The van der Waals surface area contributed by atoms with Crippen LogP contribution >= 0.6 is 0 Å². The molecule has 1 aromatic rings. The Morgan fingerprint density at radius 3 is 2.89 bits per heavy atom. The Labute approximate surface area is 107 Å². The molecular weight excluding hydrogens is 255 g/mol. The summed E-state index contributed by atoms with van der Waals surface area (Å²) in [6, 6.07) is 5.75. The minimum absolute atomic E-state index is 0.134. The number of sulfonamides is 1. The van der Waals surface area contributed by atoms with Gasteiger partial charge in [-0.2, -0.15) is 0 Å². The number of rotatable bonds is 3. The molecule has 1 N–H and O–H groups in total. The quantitative estimate of drug-likeness (QED) is 0.891. The van der Waals surface area contributed by atoms with Crippen molar-refractivity contribution in [2.24, 2.45) is 0 Å². The molecule has 0 aromatic heterocycles. The Bertz CT molecular complexity index is 497. The Kier molecular flexibility index (Phi) is 4.31. The van der Waals surface area contributed by atoms with Crippen molar-refractivity contribution in [3.8, 4) is 0 Å². The van der Waals surface area contributed by atoms with Crippen LogP contribution in [-0.4, -0.2) is 38.9 Å². The van der Waals surface area contributed by atoms with E-state index in [1.807, 2.05) is 0 Å². The van der Waals surface area contributed by atoms with Crippen LogP contribution in [0.1, 0.15) is 12.0 Å². The summed E-state index contributed by atoms with van der Waals surface area (Å²) in [7, 11) is -3.35. The molecular formula is C12H17FN2O2S. The fraction of sp³-hybridized carbons (Fsp3) is 0.500. The van der Waals surface area contributed by atoms with Gasteiger partial charge in [0.05, 0.1) is 5.75 Å². The summed E-state index contributed by atoms with van der Waals surface area (Å²) in [5.74, 6) is -0.537. The highest BCUT2D eigenvalue weighted by Crippen LogP contribution is 2.13. The molecule has 0 saturated carbocycles. The lowest BCUT2D eigenvalue weighted by atomic mass is 10.2. The maximum absolute atomic E-state index is 13.0. The van der Waals surface area contributed by atoms with Gasteiger partial charge in [-0.15, -0.1) is 0 Å². The smallest absolute Gasteiger partial charge is 0.218 e. The van der Waals surface area contributed by atoms with Crippen molar-refractivity contribution < 1.29 is 12.8 Å². The van der Waals surface area contributed by atoms with Crippen molar-refractivity contribution in [2.75, 3.05) is 26.2 Å². The Morgan fingerprint density at radius 1 is 1.28 bits per heavy atom. The van der Waals surface area contributed by atoms with E-state index in [9.17, 15) is 12.8 Å². The van der Waals surface area contributed by atoms with Crippen molar-refractivity contribution in [3.63, 3.8) is 0 Å². The Hall–Kier alpha value is -0.980. The predicted octanol–water partition coefficient (Wildman–Crippen LogP) is 0.951. The molecule has 0 atom stereocenters. The van der Waals surface area contributed by atoms with Crippen LogP contribution < -0.4 is 5.32 Å². The van der Waals surface area contributed by atoms with Gasteiger partial charge in [0, 0.05) is 19.6 Å². The van der Waals surface area contributed by atoms with Crippen LogP contribution in [0, 0.1) is 5.82 Å². The van der Waals surface area contributed by atoms with Crippen LogP contribution in [0.2, 0.25) is 0 Å². The summed E-state index contributed by atoms with van der Waals surface area (Å²) in [5, 5.41) is 3.16. The lowest BCUT2D eigenvalue weighted by Crippen LogP contribution is -2.35. The maximum Gasteiger partial charge on any atom is 0.218 e. The first-order valence-corrected chi connectivity index (χ1v) is 7.62. The van der Waals surface area contributed by atoms with E-state index in [-0.39, 0.29) is 5.75 Å². The van der Waals surface area contributed by atoms with Crippen molar-refractivity contribution in [3.05, 3.63) is 35.6 Å². The zero-order valence-corrected chi connectivity index (χ0v) is 10.9. The zero-order valence-electron chi connectivity index (χ0n) is 10.1. The SMILES string of the molecule is O=S(=O)(Cc1cccc(F)c1)N1CCCNCC1. The molecule has 0 aliphatic carbocycles. The molecule has 1 aromatic carbocycles. The second-order valence-corrected chi connectivity index (χ2v) is 6.36. The van der Waals surface area contributed by atoms with Gasteiger partial charge in [-0.25, -0.2) is 17.1 Å². The maximum atomic E-state index is 13.0. The second-order valence-electron chi connectivity index (χ2n) is 4.39. The van der Waals surface area contributed by atoms with E-state index in [4.69, 9.17) is 0 Å². The van der Waals surface area contributed by atoms with Crippen LogP contribution in [0.3, 0.4) is 0 Å². The first-order valence-electron chi connectivity index (χ1n) is 6.01. The minimum atomic E-state index is -3.35. The molecule has 0 spiro atoms. The zero-order chi connectivity index (χ0) is 13.0. The summed E-state index contributed by atoms with van der Waals surface area (Å²) in [5.41, 5.74) is 0.493. The molecule has 100 valence electrons. The third-order valence-corrected chi connectivity index (χ3v) is 4.78. The van der Waals surface area contributed by atoms with Crippen molar-refractivity contribution in [2.45, 2.75) is 12.2 Å². The first-order chi connectivity index (χ1) is 8.58. The largest absolute Gasteiger partial charge is 0.315 e. The van der Waals surface area contributed by atoms with Crippen molar-refractivity contribution >= 4 is 10.0 Å². The lowest BCUT2D eigenvalue weighted by Gasteiger charge is -2.19. The van der Waals surface area contributed by atoms with Crippen LogP contribution in [-0.2, 0) is 15.8 Å². The van der Waals surface area contributed by atoms with Gasteiger partial charge in [-0.1, -0.05) is 12.1 Å². The minimum Gasteiger partial charge on any atom is -0.315 e. The molecule has 1 aliphatic heterocycles. The molecule has 18 heavy (non-hydrogen) atoms. The molecule has 1 aliphatic rings. The number of benzene rings is 1. The molecule has 4 nitrogen and oxygen atoms in total. The molecule has 0 radical (unpaired) electrons. The topological polar surface area (TPSA) is 49.4 Å². The highest BCUT2D eigenvalue weighted by atomic mass is 32.2. The summed E-state index contributed by atoms with van der Waals surface area (Å²) < 4.78 is 38.9. The third kappa shape index (κ3) is 3.51. The average Bonchev–Trinajstić information content (AvgIpc) is 2.57. The number of nitrogens with zero attached hydrogens (tertiary/aromatic N) is 1. The molecule has 0 amide bonds. The van der Waals surface area contributed by atoms with Crippen molar-refractivity contribution in [1.82, 2.24) is 9.62 Å². The number of halogens is 1. The van der Waals surface area contributed by atoms with E-state index in [1.165, 1.54) is 22.5 Å². The van der Waals surface area contributed by atoms with E-state index < -0.39 is 15.8 Å². The third-order valence-electron chi connectivity index (χ3n) is 2.93. The fourth-order valence-corrected chi connectivity index (χ4v) is 3.59. The van der Waals surface area contributed by atoms with Crippen LogP contribution in [0.25, 0.3) is 0 Å². The van der Waals surface area contributed by atoms with Gasteiger partial charge < -0.3 is 5.32 Å². The highest BCUT2D eigenvalue weighted by molar-refractivity contribution is 7.88. The first kappa shape index (κ1) is 13.5. The van der Waals surface area contributed by atoms with E-state index in [2.05, 4.69) is 5.32 Å². The van der Waals surface area contributed by atoms with Crippen LogP contribution in [0.5, 0.6) is 0 Å². The highest BCUT2D eigenvalue weighted by Gasteiger charge is 2.23. The molecule has 0 bridgehead atoms. The normalized spacial score (nSPS) is 18.5. The van der Waals surface area contributed by atoms with Gasteiger partial charge in [-0.3, -0.25) is 0 Å². The van der Waals surface area contributed by atoms with Crippen LogP contribution in [0.4, 0.5) is 4.39 Å². The van der Waals surface area contributed by atoms with Gasteiger partial charge >= 0.3 is 0 Å². The number of nitrogens with one attached hydrogen (secondary N) is 1. The molecule has 2 rings (SSSR count). The van der Waals surface area contributed by atoms with Gasteiger partial charge in [0.2, 0.25) is 10.0 Å². The lowest BCUT2D eigenvalue weighted by molar-refractivity contribution is 0.431. The molecule has 1 saturated heterocycles. The predicted molar refractivity (Wildman–Crippen MR) is 68.1 cm³/mol. The summed E-state index contributed by atoms with van der Waals surface area (Å²) >= 11 is 0. The molecule has 6 heteroatoms. The summed E-state index contributed by atoms with van der Waals surface area (Å²) in [4.78, 5) is 0. The Balaban J connectivity index is 2.10. The Morgan fingerprint density at radius 2 is 2.11 bits per heavy atom. The molecule has 1 heterocycles. The number of hydrogen-bond acceptors (Lipinski definition) is 3. The number of hydrogen-bond donors (Lipinski definition) is 1. The molecule has 1 fully saturated rings. The summed E-state index contributed by atoms with van der Waals surface area (Å²) in [6.45, 7) is 2.52. The van der Waals surface area contributed by atoms with E-state index in [0.29, 0.717) is 25.2 Å². The van der Waals surface area contributed by atoms with Crippen LogP contribution in [0.15, 0.2) is 24.3 Å². The monoisotopic (exact) mass is 272 g/mol. The van der Waals surface area contributed by atoms with E-state index in [0.717, 1.165) is 13.0 Å². The van der Waals surface area contributed by atoms with E-state index >= 15 is 0 Å². The van der Waals surface area contributed by atoms with Gasteiger partial charge in [-0.05, 0) is 30.7 Å². The summed E-state index contributed by atoms with van der Waals surface area (Å²) in [6.07, 6.45) is 0.808. The van der Waals surface area contributed by atoms with Crippen molar-refractivity contribution in [1.29, 1.82) is 0 Å².